The third kappa shape index (κ3) is 5.43. The lowest BCUT2D eigenvalue weighted by Crippen LogP contribution is -2.44. The Hall–Kier alpha value is -3.22. The fraction of sp³-hybridized carbons (Fsp3) is 0.348. The van der Waals surface area contributed by atoms with Crippen LogP contribution in [-0.4, -0.2) is 48.9 Å². The molecule has 0 saturated carbocycles. The Morgan fingerprint density at radius 2 is 1.67 bits per heavy atom. The molecular formula is C23H24FNO5. The molecule has 0 spiro atoms. The highest BCUT2D eigenvalue weighted by atomic mass is 19.1. The first-order chi connectivity index (χ1) is 14.5. The Kier molecular flexibility index (Phi) is 7.17. The summed E-state index contributed by atoms with van der Waals surface area (Å²) in [6, 6.07) is 11.8. The van der Waals surface area contributed by atoms with Gasteiger partial charge in [0.1, 0.15) is 11.6 Å². The Bertz CT molecular complexity index is 895. The van der Waals surface area contributed by atoms with Gasteiger partial charge in [0.25, 0.3) is 5.91 Å². The van der Waals surface area contributed by atoms with Gasteiger partial charge in [-0.2, -0.15) is 0 Å². The molecule has 0 radical (unpaired) electrons. The zero-order chi connectivity index (χ0) is 21.5. The van der Waals surface area contributed by atoms with E-state index in [0.717, 1.165) is 6.42 Å². The van der Waals surface area contributed by atoms with Gasteiger partial charge in [-0.05, 0) is 68.3 Å². The van der Waals surface area contributed by atoms with Gasteiger partial charge in [0.15, 0.2) is 12.4 Å². The summed E-state index contributed by atoms with van der Waals surface area (Å²) in [6.45, 7) is 2.86. The molecule has 3 rings (SSSR count). The first-order valence-electron chi connectivity index (χ1n) is 9.95. The molecule has 0 N–H and O–H groups in total. The minimum Gasteiger partial charge on any atom is -0.484 e. The molecular weight excluding hydrogens is 389 g/mol. The quantitative estimate of drug-likeness (QED) is 0.515. The summed E-state index contributed by atoms with van der Waals surface area (Å²) < 4.78 is 23.6. The van der Waals surface area contributed by atoms with Crippen molar-refractivity contribution >= 4 is 17.7 Å². The van der Waals surface area contributed by atoms with Crippen molar-refractivity contribution < 1.29 is 28.2 Å². The Morgan fingerprint density at radius 3 is 2.30 bits per heavy atom. The predicted octanol–water partition coefficient (Wildman–Crippen LogP) is 3.24. The van der Waals surface area contributed by atoms with Gasteiger partial charge in [0, 0.05) is 24.2 Å². The van der Waals surface area contributed by atoms with E-state index in [0.29, 0.717) is 43.0 Å². The highest BCUT2D eigenvalue weighted by Crippen LogP contribution is 2.19. The first kappa shape index (κ1) is 21.5. The Labute approximate surface area is 174 Å². The van der Waals surface area contributed by atoms with Crippen LogP contribution in [0.4, 0.5) is 4.39 Å². The number of carbonyl (C=O) groups is 3. The van der Waals surface area contributed by atoms with Crippen LogP contribution in [0.25, 0.3) is 0 Å². The topological polar surface area (TPSA) is 72.9 Å². The molecule has 6 nitrogen and oxygen atoms in total. The number of halogens is 1. The van der Waals surface area contributed by atoms with E-state index in [4.69, 9.17) is 9.47 Å². The third-order valence-corrected chi connectivity index (χ3v) is 4.98. The van der Waals surface area contributed by atoms with Crippen molar-refractivity contribution in [2.75, 3.05) is 26.3 Å². The number of carbonyl (C=O) groups excluding carboxylic acids is 3. The van der Waals surface area contributed by atoms with Crippen molar-refractivity contribution in [1.82, 2.24) is 4.90 Å². The second-order valence-electron chi connectivity index (χ2n) is 7.08. The smallest absolute Gasteiger partial charge is 0.310 e. The number of ketones is 1. The largest absolute Gasteiger partial charge is 0.484 e. The van der Waals surface area contributed by atoms with Crippen LogP contribution in [0, 0.1) is 11.7 Å². The average Bonchev–Trinajstić information content (AvgIpc) is 2.78. The molecule has 1 fully saturated rings. The van der Waals surface area contributed by atoms with Gasteiger partial charge < -0.3 is 14.4 Å². The SMILES string of the molecule is CCOC(=O)C1CCCN(C(=O)COc2ccc(C(=O)c3ccc(F)cc3)cc2)C1. The fourth-order valence-electron chi connectivity index (χ4n) is 3.36. The molecule has 1 heterocycles. The van der Waals surface area contributed by atoms with E-state index in [1.807, 2.05) is 0 Å². The molecule has 1 amide bonds. The molecule has 1 aliphatic heterocycles. The van der Waals surface area contributed by atoms with Gasteiger partial charge in [0.2, 0.25) is 0 Å². The van der Waals surface area contributed by atoms with Crippen LogP contribution in [0.2, 0.25) is 0 Å². The molecule has 0 aromatic heterocycles. The predicted molar refractivity (Wildman–Crippen MR) is 108 cm³/mol. The van der Waals surface area contributed by atoms with E-state index < -0.39 is 5.82 Å². The van der Waals surface area contributed by atoms with Crippen LogP contribution < -0.4 is 4.74 Å². The number of hydrogen-bond donors (Lipinski definition) is 0. The molecule has 158 valence electrons. The van der Waals surface area contributed by atoms with E-state index in [9.17, 15) is 18.8 Å². The number of ether oxygens (including phenoxy) is 2. The zero-order valence-corrected chi connectivity index (χ0v) is 16.8. The molecule has 1 saturated heterocycles. The van der Waals surface area contributed by atoms with Gasteiger partial charge in [-0.1, -0.05) is 0 Å². The van der Waals surface area contributed by atoms with Gasteiger partial charge >= 0.3 is 5.97 Å². The maximum absolute atomic E-state index is 13.0. The number of nitrogens with zero attached hydrogens (tertiary/aromatic N) is 1. The van der Waals surface area contributed by atoms with Gasteiger partial charge in [-0.15, -0.1) is 0 Å². The highest BCUT2D eigenvalue weighted by Gasteiger charge is 2.29. The Balaban J connectivity index is 1.53. The highest BCUT2D eigenvalue weighted by molar-refractivity contribution is 6.09. The summed E-state index contributed by atoms with van der Waals surface area (Å²) in [4.78, 5) is 38.4. The number of amides is 1. The van der Waals surface area contributed by atoms with Crippen molar-refractivity contribution in [3.8, 4) is 5.75 Å². The molecule has 7 heteroatoms. The first-order valence-corrected chi connectivity index (χ1v) is 9.95. The second-order valence-corrected chi connectivity index (χ2v) is 7.08. The normalized spacial score (nSPS) is 16.1. The van der Waals surface area contributed by atoms with Gasteiger partial charge in [0.05, 0.1) is 12.5 Å². The maximum atomic E-state index is 13.0. The van der Waals surface area contributed by atoms with Crippen molar-refractivity contribution in [2.45, 2.75) is 19.8 Å². The zero-order valence-electron chi connectivity index (χ0n) is 16.8. The average molecular weight is 413 g/mol. The molecule has 2 aromatic carbocycles. The van der Waals surface area contributed by atoms with Crippen LogP contribution in [0.3, 0.4) is 0 Å². The van der Waals surface area contributed by atoms with Crippen LogP contribution in [0.15, 0.2) is 48.5 Å². The Morgan fingerprint density at radius 1 is 1.03 bits per heavy atom. The van der Waals surface area contributed by atoms with Crippen molar-refractivity contribution in [1.29, 1.82) is 0 Å². The summed E-state index contributed by atoms with van der Waals surface area (Å²) in [5.41, 5.74) is 0.829. The summed E-state index contributed by atoms with van der Waals surface area (Å²) in [6.07, 6.45) is 1.46. The summed E-state index contributed by atoms with van der Waals surface area (Å²) in [5.74, 6) is -0.927. The van der Waals surface area contributed by atoms with Crippen LogP contribution >= 0.6 is 0 Å². The standard InChI is InChI=1S/C23H24FNO5/c1-2-29-23(28)18-4-3-13-25(14-18)21(26)15-30-20-11-7-17(8-12-20)22(27)16-5-9-19(24)10-6-16/h5-12,18H,2-4,13-15H2,1H3. The summed E-state index contributed by atoms with van der Waals surface area (Å²) in [7, 11) is 0. The lowest BCUT2D eigenvalue weighted by Gasteiger charge is -2.31. The van der Waals surface area contributed by atoms with Crippen molar-refractivity contribution in [3.05, 3.63) is 65.5 Å². The monoisotopic (exact) mass is 413 g/mol. The minimum absolute atomic E-state index is 0.152. The van der Waals surface area contributed by atoms with E-state index in [2.05, 4.69) is 0 Å². The van der Waals surface area contributed by atoms with Crippen LogP contribution in [0.1, 0.15) is 35.7 Å². The number of esters is 1. The molecule has 1 unspecified atom stereocenters. The number of benzene rings is 2. The summed E-state index contributed by atoms with van der Waals surface area (Å²) >= 11 is 0. The molecule has 2 aromatic rings. The number of hydrogen-bond acceptors (Lipinski definition) is 5. The molecule has 0 bridgehead atoms. The lowest BCUT2D eigenvalue weighted by molar-refractivity contribution is -0.151. The van der Waals surface area contributed by atoms with E-state index in [-0.39, 0.29) is 30.2 Å². The summed E-state index contributed by atoms with van der Waals surface area (Å²) in [5, 5.41) is 0. The molecule has 30 heavy (non-hydrogen) atoms. The van der Waals surface area contributed by atoms with Crippen LogP contribution in [0.5, 0.6) is 5.75 Å². The molecule has 1 atom stereocenters. The lowest BCUT2D eigenvalue weighted by atomic mass is 9.98. The van der Waals surface area contributed by atoms with E-state index in [1.165, 1.54) is 24.3 Å². The fourth-order valence-corrected chi connectivity index (χ4v) is 3.36. The maximum Gasteiger partial charge on any atom is 0.310 e. The van der Waals surface area contributed by atoms with Crippen molar-refractivity contribution in [3.63, 3.8) is 0 Å². The number of rotatable bonds is 7. The van der Waals surface area contributed by atoms with Crippen molar-refractivity contribution in [2.24, 2.45) is 5.92 Å². The third-order valence-electron chi connectivity index (χ3n) is 4.98. The van der Waals surface area contributed by atoms with E-state index >= 15 is 0 Å². The van der Waals surface area contributed by atoms with Crippen LogP contribution in [-0.2, 0) is 14.3 Å². The minimum atomic E-state index is -0.401. The molecule has 1 aliphatic rings. The second kappa shape index (κ2) is 10.0. The number of piperidine rings is 1. The molecule has 0 aliphatic carbocycles. The van der Waals surface area contributed by atoms with Gasteiger partial charge in [-0.25, -0.2) is 4.39 Å². The van der Waals surface area contributed by atoms with E-state index in [1.54, 1.807) is 36.1 Å². The van der Waals surface area contributed by atoms with Gasteiger partial charge in [-0.3, -0.25) is 14.4 Å². The number of likely N-dealkylation sites (tertiary alicyclic amines) is 1.